The number of unbranched alkanes of at least 4 members (excludes halogenated alkanes) is 28. The van der Waals surface area contributed by atoms with Crippen molar-refractivity contribution in [3.05, 3.63) is 170 Å². The molecule has 4 N–H and O–H groups in total. The fraction of sp³-hybridized carbons (Fsp3) is 0.659. The molecule has 0 radical (unpaired) electrons. The van der Waals surface area contributed by atoms with E-state index in [4.69, 9.17) is 32.3 Å². The van der Waals surface area contributed by atoms with Crippen LogP contribution in [0.4, 0.5) is 0 Å². The summed E-state index contributed by atoms with van der Waals surface area (Å²) in [6, 6.07) is 0. The summed E-state index contributed by atoms with van der Waals surface area (Å²) in [5.74, 6) is -1.64. The maximum Gasteiger partial charge on any atom is 0.472 e. The molecule has 0 fully saturated rings. The molecule has 16 nitrogen and oxygen atoms in total. The number of hydrogen-bond acceptors (Lipinski definition) is 14. The number of hydrogen-bond donors (Lipinski definition) is 4. The number of allylic oxidation sites excluding steroid dienone is 28. The number of carbonyl (C=O) groups is 3. The van der Waals surface area contributed by atoms with Crippen LogP contribution in [0.1, 0.15) is 329 Å². The number of aliphatic hydroxyl groups is 2. The summed E-state index contributed by atoms with van der Waals surface area (Å²) in [6.07, 6.45) is 105. The van der Waals surface area contributed by atoms with E-state index in [9.17, 15) is 43.5 Å². The van der Waals surface area contributed by atoms with Crippen LogP contribution in [0.3, 0.4) is 0 Å². The highest BCUT2D eigenvalue weighted by molar-refractivity contribution is 7.47. The Balaban J connectivity index is 4.67. The SMILES string of the molecule is CC/C=C\C/C=C\C/C=C\C/C=C\C/C=C\C/C=C\CCCCC(=O)OC(COC(=O)CCCCCCCCC/C=C\C/C=C\C/C=C\C/C=C\CCCCC)COP(=O)(O)OCC(O)COP(=O)(O)OCC(O)COC(=O)CCCCCCCCCCCCCCC/C=C\C/C=C\C/C=C\C/C=C\CCCCC. The lowest BCUT2D eigenvalue weighted by atomic mass is 10.0. The monoisotopic (exact) mass is 1560 g/mol. The van der Waals surface area contributed by atoms with Gasteiger partial charge in [0.15, 0.2) is 6.10 Å². The van der Waals surface area contributed by atoms with Crippen molar-refractivity contribution < 1.29 is 75.8 Å². The fourth-order valence-corrected chi connectivity index (χ4v) is 12.5. The zero-order chi connectivity index (χ0) is 79.4. The minimum Gasteiger partial charge on any atom is -0.463 e. The van der Waals surface area contributed by atoms with E-state index >= 15 is 0 Å². The summed E-state index contributed by atoms with van der Waals surface area (Å²) in [6.45, 7) is 2.45. The van der Waals surface area contributed by atoms with Gasteiger partial charge in [0.25, 0.3) is 0 Å². The Hall–Kier alpha value is -5.09. The Bertz CT molecular complexity index is 2660. The van der Waals surface area contributed by atoms with Crippen LogP contribution in [0, 0.1) is 0 Å². The van der Waals surface area contributed by atoms with Gasteiger partial charge in [-0.3, -0.25) is 32.5 Å². The predicted octanol–water partition coefficient (Wildman–Crippen LogP) is 25.5. The predicted molar refractivity (Wildman–Crippen MR) is 454 cm³/mol. The van der Waals surface area contributed by atoms with E-state index in [2.05, 4.69) is 191 Å². The first-order valence-electron chi connectivity index (χ1n) is 42.4. The van der Waals surface area contributed by atoms with E-state index in [0.717, 1.165) is 154 Å². The minimum atomic E-state index is -4.96. The van der Waals surface area contributed by atoms with Crippen molar-refractivity contribution in [2.75, 3.05) is 39.6 Å². The number of phosphoric acid groups is 2. The lowest BCUT2D eigenvalue weighted by molar-refractivity contribution is -0.161. The van der Waals surface area contributed by atoms with Crippen LogP contribution in [0.5, 0.6) is 0 Å². The number of ether oxygens (including phenoxy) is 3. The van der Waals surface area contributed by atoms with Gasteiger partial charge in [-0.05, 0) is 161 Å². The van der Waals surface area contributed by atoms with Gasteiger partial charge in [0.2, 0.25) is 0 Å². The van der Waals surface area contributed by atoms with E-state index in [0.29, 0.717) is 25.7 Å². The normalized spacial score (nSPS) is 14.7. The van der Waals surface area contributed by atoms with E-state index in [-0.39, 0.29) is 19.3 Å². The topological polar surface area (TPSA) is 231 Å². The van der Waals surface area contributed by atoms with Gasteiger partial charge < -0.3 is 34.2 Å². The molecule has 5 unspecified atom stereocenters. The molecule has 0 aliphatic rings. The van der Waals surface area contributed by atoms with Crippen molar-refractivity contribution in [3.8, 4) is 0 Å². The van der Waals surface area contributed by atoms with Crippen molar-refractivity contribution in [3.63, 3.8) is 0 Å². The van der Waals surface area contributed by atoms with Crippen LogP contribution < -0.4 is 0 Å². The summed E-state index contributed by atoms with van der Waals surface area (Å²) >= 11 is 0. The maximum absolute atomic E-state index is 13.0. The first kappa shape index (κ1) is 104. The van der Waals surface area contributed by atoms with Crippen LogP contribution in [0.15, 0.2) is 170 Å². The van der Waals surface area contributed by atoms with E-state index in [1.807, 2.05) is 0 Å². The number of aliphatic hydroxyl groups excluding tert-OH is 2. The molecule has 0 aromatic rings. The molecular formula is C91H152O16P2. The second-order valence-corrected chi connectivity index (χ2v) is 30.8. The number of phosphoric ester groups is 2. The van der Waals surface area contributed by atoms with Crippen molar-refractivity contribution in [1.29, 1.82) is 0 Å². The lowest BCUT2D eigenvalue weighted by Crippen LogP contribution is -2.30. The Morgan fingerprint density at radius 3 is 0.789 bits per heavy atom. The molecule has 18 heteroatoms. The molecule has 109 heavy (non-hydrogen) atoms. The molecule has 0 rings (SSSR count). The van der Waals surface area contributed by atoms with E-state index in [1.54, 1.807) is 0 Å². The van der Waals surface area contributed by atoms with Gasteiger partial charge in [0, 0.05) is 19.3 Å². The zero-order valence-electron chi connectivity index (χ0n) is 68.2. The molecule has 0 aromatic carbocycles. The second kappa shape index (κ2) is 82.4. The number of esters is 3. The standard InChI is InChI=1S/C91H152O16P2/c1-4-7-10-13-16-19-22-25-28-31-34-37-39-40-41-42-43-44-46-49-50-53-56-59-62-65-68-71-74-77-89(94)101-80-86(92)81-103-108(97,98)104-82-87(93)83-105-109(99,100)106-85-88(107-91(96)79-76-73-70-67-64-61-58-55-52-47-36-33-30-27-24-21-18-15-12-9-6-3)84-102-90(95)78-75-72-69-66-63-60-57-54-51-48-45-38-35-32-29-26-23-20-17-14-11-8-5-2/h9,12,16-21,25-30,34-38,40-41,47-48,51,55,58,64,67,86-88,92-93H,4-8,10-11,13-15,22-24,31-33,39,42-46,49-50,52-54,56-57,59-63,65-66,68-85H2,1-3H3,(H,97,98)(H,99,100)/b12-9-,19-16-,20-17-,21-18-,28-25-,29-26-,30-27-,37-34-,38-35-,41-40-,47-36-,51-48-,58-55-,67-64-. The molecule has 0 aromatic heterocycles. The van der Waals surface area contributed by atoms with Crippen LogP contribution in [0.2, 0.25) is 0 Å². The van der Waals surface area contributed by atoms with E-state index < -0.39 is 91.5 Å². The Kier molecular flexibility index (Phi) is 78.5. The number of carbonyl (C=O) groups excluding carboxylic acids is 3. The second-order valence-electron chi connectivity index (χ2n) is 27.9. The third kappa shape index (κ3) is 83.7. The highest BCUT2D eigenvalue weighted by Gasteiger charge is 2.29. The molecule has 0 heterocycles. The van der Waals surface area contributed by atoms with E-state index in [1.165, 1.54) is 109 Å². The molecule has 0 amide bonds. The summed E-state index contributed by atoms with van der Waals surface area (Å²) < 4.78 is 61.3. The molecule has 0 saturated carbocycles. The van der Waals surface area contributed by atoms with Crippen molar-refractivity contribution in [2.24, 2.45) is 0 Å². The largest absolute Gasteiger partial charge is 0.472 e. The van der Waals surface area contributed by atoms with Gasteiger partial charge in [-0.15, -0.1) is 0 Å². The lowest BCUT2D eigenvalue weighted by Gasteiger charge is -2.21. The van der Waals surface area contributed by atoms with Gasteiger partial charge in [0.1, 0.15) is 25.4 Å². The molecule has 0 bridgehead atoms. The first-order chi connectivity index (χ1) is 53.2. The maximum atomic E-state index is 13.0. The molecular weight excluding hydrogens is 1410 g/mol. The first-order valence-corrected chi connectivity index (χ1v) is 45.4. The van der Waals surface area contributed by atoms with Crippen molar-refractivity contribution in [2.45, 2.75) is 347 Å². The zero-order valence-corrected chi connectivity index (χ0v) is 70.0. The Morgan fingerprint density at radius 1 is 0.266 bits per heavy atom. The highest BCUT2D eigenvalue weighted by atomic mass is 31.2. The third-order valence-electron chi connectivity index (χ3n) is 17.4. The smallest absolute Gasteiger partial charge is 0.463 e. The molecule has 0 saturated heterocycles. The molecule has 0 aliphatic carbocycles. The molecule has 5 atom stereocenters. The summed E-state index contributed by atoms with van der Waals surface area (Å²) in [5.41, 5.74) is 0. The van der Waals surface area contributed by atoms with Gasteiger partial charge >= 0.3 is 33.6 Å². The fourth-order valence-electron chi connectivity index (χ4n) is 11.0. The highest BCUT2D eigenvalue weighted by Crippen LogP contribution is 2.45. The summed E-state index contributed by atoms with van der Waals surface area (Å²) in [5, 5.41) is 20.7. The van der Waals surface area contributed by atoms with Gasteiger partial charge in [-0.25, -0.2) is 9.13 Å². The third-order valence-corrected chi connectivity index (χ3v) is 19.3. The number of rotatable bonds is 79. The van der Waals surface area contributed by atoms with Crippen molar-refractivity contribution >= 4 is 33.6 Å². The van der Waals surface area contributed by atoms with Crippen LogP contribution in [0.25, 0.3) is 0 Å². The van der Waals surface area contributed by atoms with Crippen molar-refractivity contribution in [1.82, 2.24) is 0 Å². The average molecular weight is 1560 g/mol. The van der Waals surface area contributed by atoms with Crippen LogP contribution >= 0.6 is 15.6 Å². The quantitative estimate of drug-likeness (QED) is 0.0146. The molecule has 622 valence electrons. The van der Waals surface area contributed by atoms with Crippen LogP contribution in [-0.2, 0) is 55.8 Å². The molecule has 0 spiro atoms. The summed E-state index contributed by atoms with van der Waals surface area (Å²) in [7, 11) is -9.83. The van der Waals surface area contributed by atoms with Gasteiger partial charge in [-0.2, -0.15) is 0 Å². The van der Waals surface area contributed by atoms with Crippen LogP contribution in [-0.4, -0.2) is 95.9 Å². The Morgan fingerprint density at radius 2 is 0.486 bits per heavy atom. The summed E-state index contributed by atoms with van der Waals surface area (Å²) in [4.78, 5) is 58.8. The minimum absolute atomic E-state index is 0.0408. The molecule has 0 aliphatic heterocycles. The van der Waals surface area contributed by atoms with Gasteiger partial charge in [-0.1, -0.05) is 319 Å². The van der Waals surface area contributed by atoms with Gasteiger partial charge in [0.05, 0.1) is 26.4 Å². The average Bonchev–Trinajstić information content (AvgIpc) is 0.904. The Labute approximate surface area is 662 Å².